The first-order valence-corrected chi connectivity index (χ1v) is 13.5. The van der Waals surface area contributed by atoms with Crippen molar-refractivity contribution in [3.63, 3.8) is 0 Å². The van der Waals surface area contributed by atoms with Crippen LogP contribution < -0.4 is 0 Å². The molecule has 0 heterocycles. The standard InChI is InChI=1S/C28H50O3/c1-17(2)18(3)7-8-19(4)22-9-10-23-27(22,6)14-12-24-26(5)13-11-21(29)15-20(26)16-25(30)28(23,24)31/h17-25,29-31H,7-16H2,1-6H3. The monoisotopic (exact) mass is 434 g/mol. The normalized spacial score (nSPS) is 51.7. The van der Waals surface area contributed by atoms with E-state index in [1.165, 1.54) is 25.7 Å². The molecule has 3 heteroatoms. The lowest BCUT2D eigenvalue weighted by Crippen LogP contribution is -2.69. The van der Waals surface area contributed by atoms with Gasteiger partial charge in [0.2, 0.25) is 0 Å². The summed E-state index contributed by atoms with van der Waals surface area (Å²) in [4.78, 5) is 0. The van der Waals surface area contributed by atoms with Crippen LogP contribution in [0.5, 0.6) is 0 Å². The van der Waals surface area contributed by atoms with Gasteiger partial charge in [0.15, 0.2) is 0 Å². The van der Waals surface area contributed by atoms with E-state index in [4.69, 9.17) is 0 Å². The molecule has 3 N–H and O–H groups in total. The molecule has 4 aliphatic carbocycles. The summed E-state index contributed by atoms with van der Waals surface area (Å²) in [6, 6.07) is 0. The van der Waals surface area contributed by atoms with Crippen LogP contribution in [0.1, 0.15) is 106 Å². The third-order valence-corrected chi connectivity index (χ3v) is 11.7. The summed E-state index contributed by atoms with van der Waals surface area (Å²) in [6.07, 6.45) is 9.54. The molecule has 4 rings (SSSR count). The molecule has 31 heavy (non-hydrogen) atoms. The summed E-state index contributed by atoms with van der Waals surface area (Å²) in [7, 11) is 0. The molecule has 0 aromatic heterocycles. The molecule has 0 saturated heterocycles. The number of rotatable bonds is 5. The number of fused-ring (bicyclic) bond motifs is 5. The van der Waals surface area contributed by atoms with Crippen molar-refractivity contribution in [3.05, 3.63) is 0 Å². The van der Waals surface area contributed by atoms with E-state index in [0.29, 0.717) is 24.2 Å². The largest absolute Gasteiger partial charge is 0.393 e. The number of hydrogen-bond donors (Lipinski definition) is 3. The minimum Gasteiger partial charge on any atom is -0.393 e. The molecule has 4 aliphatic rings. The van der Waals surface area contributed by atoms with Gasteiger partial charge in [0.1, 0.15) is 0 Å². The van der Waals surface area contributed by atoms with E-state index in [0.717, 1.165) is 43.9 Å². The molecule has 4 saturated carbocycles. The quantitative estimate of drug-likeness (QED) is 0.512. The summed E-state index contributed by atoms with van der Waals surface area (Å²) in [5.74, 6) is 3.59. The Bertz CT molecular complexity index is 648. The van der Waals surface area contributed by atoms with E-state index in [-0.39, 0.29) is 28.8 Å². The highest BCUT2D eigenvalue weighted by Crippen LogP contribution is 2.69. The van der Waals surface area contributed by atoms with Gasteiger partial charge in [0, 0.05) is 0 Å². The molecule has 3 nitrogen and oxygen atoms in total. The van der Waals surface area contributed by atoms with Crippen molar-refractivity contribution in [2.45, 2.75) is 124 Å². The van der Waals surface area contributed by atoms with Crippen LogP contribution in [0.15, 0.2) is 0 Å². The topological polar surface area (TPSA) is 60.7 Å². The number of hydrogen-bond acceptors (Lipinski definition) is 3. The second-order valence-electron chi connectivity index (χ2n) is 13.4. The molecule has 0 aromatic carbocycles. The smallest absolute Gasteiger partial charge is 0.0971 e. The molecule has 4 fully saturated rings. The second-order valence-corrected chi connectivity index (χ2v) is 13.4. The fourth-order valence-corrected chi connectivity index (χ4v) is 9.31. The predicted molar refractivity (Wildman–Crippen MR) is 126 cm³/mol. The molecule has 11 atom stereocenters. The second kappa shape index (κ2) is 8.27. The summed E-state index contributed by atoms with van der Waals surface area (Å²) in [5.41, 5.74) is -0.741. The molecule has 0 radical (unpaired) electrons. The molecule has 0 aliphatic heterocycles. The van der Waals surface area contributed by atoms with Crippen LogP contribution in [0.4, 0.5) is 0 Å². The highest BCUT2D eigenvalue weighted by atomic mass is 16.3. The molecule has 0 bridgehead atoms. The van der Waals surface area contributed by atoms with Crippen molar-refractivity contribution < 1.29 is 15.3 Å². The molecule has 11 unspecified atom stereocenters. The van der Waals surface area contributed by atoms with Gasteiger partial charge in [-0.3, -0.25) is 0 Å². The Balaban J connectivity index is 1.56. The van der Waals surface area contributed by atoms with Gasteiger partial charge in [-0.1, -0.05) is 54.4 Å². The maximum Gasteiger partial charge on any atom is 0.0971 e. The predicted octanol–water partition coefficient (Wildman–Crippen LogP) is 5.80. The Labute approximate surface area is 191 Å². The van der Waals surface area contributed by atoms with Crippen LogP contribution in [0.25, 0.3) is 0 Å². The van der Waals surface area contributed by atoms with Crippen molar-refractivity contribution in [2.24, 2.45) is 52.3 Å². The third-order valence-electron chi connectivity index (χ3n) is 11.7. The maximum atomic E-state index is 12.3. The minimum absolute atomic E-state index is 0.0605. The zero-order chi connectivity index (χ0) is 22.8. The molecular weight excluding hydrogens is 384 g/mol. The van der Waals surface area contributed by atoms with Gasteiger partial charge in [0.25, 0.3) is 0 Å². The van der Waals surface area contributed by atoms with Crippen molar-refractivity contribution in [1.29, 1.82) is 0 Å². The van der Waals surface area contributed by atoms with Crippen LogP contribution in [-0.4, -0.2) is 33.1 Å². The Morgan fingerprint density at radius 2 is 1.45 bits per heavy atom. The molecule has 0 aromatic rings. The summed E-state index contributed by atoms with van der Waals surface area (Å²) in [6.45, 7) is 14.3. The van der Waals surface area contributed by atoms with Gasteiger partial charge in [-0.05, 0) is 104 Å². The number of aliphatic hydroxyl groups is 3. The van der Waals surface area contributed by atoms with Gasteiger partial charge in [-0.15, -0.1) is 0 Å². The first-order valence-electron chi connectivity index (χ1n) is 13.5. The third kappa shape index (κ3) is 3.64. The van der Waals surface area contributed by atoms with Crippen LogP contribution in [0.2, 0.25) is 0 Å². The zero-order valence-corrected chi connectivity index (χ0v) is 21.1. The minimum atomic E-state index is -0.944. The Morgan fingerprint density at radius 1 is 0.806 bits per heavy atom. The molecule has 0 spiro atoms. The van der Waals surface area contributed by atoms with Crippen molar-refractivity contribution >= 4 is 0 Å². The van der Waals surface area contributed by atoms with Crippen molar-refractivity contribution in [2.75, 3.05) is 0 Å². The lowest BCUT2D eigenvalue weighted by molar-refractivity contribution is -0.271. The number of aliphatic hydroxyl groups excluding tert-OH is 2. The van der Waals surface area contributed by atoms with Gasteiger partial charge in [0.05, 0.1) is 17.8 Å². The van der Waals surface area contributed by atoms with Gasteiger partial charge < -0.3 is 15.3 Å². The Hall–Kier alpha value is -0.120. The van der Waals surface area contributed by atoms with Crippen LogP contribution >= 0.6 is 0 Å². The fraction of sp³-hybridized carbons (Fsp3) is 1.00. The van der Waals surface area contributed by atoms with Crippen LogP contribution in [-0.2, 0) is 0 Å². The van der Waals surface area contributed by atoms with E-state index in [1.807, 2.05) is 0 Å². The van der Waals surface area contributed by atoms with Crippen LogP contribution in [0.3, 0.4) is 0 Å². The maximum absolute atomic E-state index is 12.3. The van der Waals surface area contributed by atoms with Crippen molar-refractivity contribution in [1.82, 2.24) is 0 Å². The van der Waals surface area contributed by atoms with E-state index in [1.54, 1.807) is 0 Å². The fourth-order valence-electron chi connectivity index (χ4n) is 9.31. The molecule has 0 amide bonds. The SMILES string of the molecule is CC(C)C(C)CCC(C)C1CCC2C1(C)CCC1C3(C)CCC(O)CC3CC(O)C12O. The average Bonchev–Trinajstić information content (AvgIpc) is 3.06. The summed E-state index contributed by atoms with van der Waals surface area (Å²) in [5, 5.41) is 34.0. The lowest BCUT2D eigenvalue weighted by atomic mass is 9.42. The van der Waals surface area contributed by atoms with Crippen molar-refractivity contribution in [3.8, 4) is 0 Å². The zero-order valence-electron chi connectivity index (χ0n) is 21.1. The summed E-state index contributed by atoms with van der Waals surface area (Å²) >= 11 is 0. The first-order chi connectivity index (χ1) is 14.4. The van der Waals surface area contributed by atoms with E-state index < -0.39 is 11.7 Å². The highest BCUT2D eigenvalue weighted by molar-refractivity contribution is 5.19. The average molecular weight is 435 g/mol. The van der Waals surface area contributed by atoms with Gasteiger partial charge >= 0.3 is 0 Å². The van der Waals surface area contributed by atoms with E-state index >= 15 is 0 Å². The van der Waals surface area contributed by atoms with E-state index in [9.17, 15) is 15.3 Å². The summed E-state index contributed by atoms with van der Waals surface area (Å²) < 4.78 is 0. The van der Waals surface area contributed by atoms with Gasteiger partial charge in [-0.2, -0.15) is 0 Å². The lowest BCUT2D eigenvalue weighted by Gasteiger charge is -2.66. The molecule has 180 valence electrons. The molecular formula is C28H50O3. The highest BCUT2D eigenvalue weighted by Gasteiger charge is 2.69. The van der Waals surface area contributed by atoms with Crippen LogP contribution in [0, 0.1) is 52.3 Å². The van der Waals surface area contributed by atoms with Gasteiger partial charge in [-0.25, -0.2) is 0 Å². The van der Waals surface area contributed by atoms with E-state index in [2.05, 4.69) is 41.5 Å². The Kier molecular flexibility index (Phi) is 6.41. The first kappa shape index (κ1) is 24.0. The Morgan fingerprint density at radius 3 is 2.13 bits per heavy atom.